The van der Waals surface area contributed by atoms with Crippen LogP contribution in [0.1, 0.15) is 104 Å². The number of aromatic nitrogens is 2. The molecule has 3 unspecified atom stereocenters. The maximum atomic E-state index is 4.77. The smallest absolute Gasteiger partial charge is 0.133 e. The van der Waals surface area contributed by atoms with Crippen molar-refractivity contribution in [2.45, 2.75) is 108 Å². The fraction of sp³-hybridized carbons (Fsp3) is 0.857. The Morgan fingerprint density at radius 2 is 2.04 bits per heavy atom. The molecule has 0 aliphatic carbocycles. The summed E-state index contributed by atoms with van der Waals surface area (Å²) in [6.07, 6.45) is 11.8. The molecule has 133 valence electrons. The van der Waals surface area contributed by atoms with Gasteiger partial charge in [-0.05, 0) is 36.6 Å². The molecule has 1 radical (unpaired) electrons. The van der Waals surface area contributed by atoms with Crippen molar-refractivity contribution in [3.63, 3.8) is 0 Å². The Hall–Kier alpha value is -0.725. The Bertz CT molecular complexity index is 564. The Labute approximate surface area is 149 Å². The van der Waals surface area contributed by atoms with E-state index in [1.807, 2.05) is 0 Å². The molecule has 1 N–H and O–H groups in total. The van der Waals surface area contributed by atoms with E-state index in [9.17, 15) is 0 Å². The molecule has 2 fully saturated rings. The first-order chi connectivity index (χ1) is 11.3. The largest absolute Gasteiger partial charge is 0.282 e. The van der Waals surface area contributed by atoms with E-state index in [0.717, 1.165) is 5.92 Å². The van der Waals surface area contributed by atoms with Crippen LogP contribution in [0.3, 0.4) is 0 Å². The average Bonchev–Trinajstić information content (AvgIpc) is 2.97. The van der Waals surface area contributed by atoms with Crippen LogP contribution in [0.5, 0.6) is 0 Å². The number of fused-ring (bicyclic) bond motifs is 2. The molecule has 2 aliphatic rings. The summed E-state index contributed by atoms with van der Waals surface area (Å²) in [5.41, 5.74) is 2.82. The van der Waals surface area contributed by atoms with Gasteiger partial charge in [-0.25, -0.2) is 0 Å². The maximum Gasteiger partial charge on any atom is 0.133 e. The van der Waals surface area contributed by atoms with Crippen LogP contribution in [0.25, 0.3) is 0 Å². The summed E-state index contributed by atoms with van der Waals surface area (Å²) in [5, 5.41) is 8.89. The molecule has 1 aromatic heterocycles. The topological polar surface area (TPSA) is 28.7 Å². The lowest BCUT2D eigenvalue weighted by Gasteiger charge is -2.48. The van der Waals surface area contributed by atoms with E-state index in [-0.39, 0.29) is 10.7 Å². The lowest BCUT2D eigenvalue weighted by molar-refractivity contribution is 0.284. The van der Waals surface area contributed by atoms with E-state index in [1.165, 1.54) is 69.2 Å². The first kappa shape index (κ1) is 18.1. The van der Waals surface area contributed by atoms with Gasteiger partial charge in [-0.2, -0.15) is 5.10 Å². The first-order valence-electron chi connectivity index (χ1n) is 10.2. The van der Waals surface area contributed by atoms with Gasteiger partial charge in [0.15, 0.2) is 0 Å². The fourth-order valence-electron chi connectivity index (χ4n) is 5.66. The van der Waals surface area contributed by atoms with Crippen LogP contribution in [0.2, 0.25) is 5.31 Å². The normalized spacial score (nSPS) is 34.3. The molecule has 3 heteroatoms. The standard InChI is InChI=1S/C21H36BN2/c1-6-10-19(3,4)17-14-18(24-23-17)21-12-7-9-16(2)15-20(5,22-21)11-8-13-21/h14,16H,6-13,15H2,1-5H3,(H,23,24). The molecule has 3 atom stereocenters. The Morgan fingerprint density at radius 3 is 2.79 bits per heavy atom. The lowest BCUT2D eigenvalue weighted by Crippen LogP contribution is -2.45. The zero-order chi connectivity index (χ0) is 17.4. The molecule has 2 nitrogen and oxygen atoms in total. The van der Waals surface area contributed by atoms with Gasteiger partial charge in [-0.15, -0.1) is 0 Å². The molecular weight excluding hydrogens is 291 g/mol. The molecule has 3 heterocycles. The second-order valence-electron chi connectivity index (χ2n) is 9.81. The number of rotatable bonds is 4. The number of H-pyrrole nitrogens is 1. The van der Waals surface area contributed by atoms with Crippen LogP contribution < -0.4 is 0 Å². The predicted octanol–water partition coefficient (Wildman–Crippen LogP) is 5.96. The van der Waals surface area contributed by atoms with E-state index in [2.05, 4.69) is 53.1 Å². The first-order valence-corrected chi connectivity index (χ1v) is 10.2. The number of nitrogens with zero attached hydrogens (tertiary/aromatic N) is 1. The van der Waals surface area contributed by atoms with Crippen LogP contribution in [0.4, 0.5) is 0 Å². The highest BCUT2D eigenvalue weighted by Crippen LogP contribution is 2.53. The number of hydrogen-bond donors (Lipinski definition) is 1. The summed E-state index contributed by atoms with van der Waals surface area (Å²) in [4.78, 5) is 0. The average molecular weight is 327 g/mol. The van der Waals surface area contributed by atoms with Crippen molar-refractivity contribution < 1.29 is 0 Å². The van der Waals surface area contributed by atoms with Gasteiger partial charge in [0.1, 0.15) is 7.28 Å². The summed E-state index contributed by atoms with van der Waals surface area (Å²) in [7, 11) is 2.74. The van der Waals surface area contributed by atoms with Crippen LogP contribution >= 0.6 is 0 Å². The van der Waals surface area contributed by atoms with E-state index < -0.39 is 0 Å². The Morgan fingerprint density at radius 1 is 1.29 bits per heavy atom. The monoisotopic (exact) mass is 327 g/mol. The van der Waals surface area contributed by atoms with E-state index in [0.29, 0.717) is 5.31 Å². The van der Waals surface area contributed by atoms with E-state index in [4.69, 9.17) is 5.10 Å². The Balaban J connectivity index is 1.90. The molecule has 0 aromatic carbocycles. The van der Waals surface area contributed by atoms with Crippen molar-refractivity contribution in [2.24, 2.45) is 5.92 Å². The van der Waals surface area contributed by atoms with Gasteiger partial charge >= 0.3 is 0 Å². The minimum atomic E-state index is 0.175. The van der Waals surface area contributed by atoms with Gasteiger partial charge in [0, 0.05) is 11.1 Å². The second-order valence-corrected chi connectivity index (χ2v) is 9.81. The summed E-state index contributed by atoms with van der Waals surface area (Å²) in [5.74, 6) is 0.864. The highest BCUT2D eigenvalue weighted by Gasteiger charge is 2.46. The van der Waals surface area contributed by atoms with Gasteiger partial charge in [-0.3, -0.25) is 5.10 Å². The van der Waals surface area contributed by atoms with Crippen molar-refractivity contribution in [3.8, 4) is 0 Å². The second kappa shape index (κ2) is 6.54. The van der Waals surface area contributed by atoms with Gasteiger partial charge in [0.2, 0.25) is 0 Å². The number of aromatic amines is 1. The molecule has 24 heavy (non-hydrogen) atoms. The SMILES string of the molecule is CCCC(C)(C)c1cc(C23[B]C(C)(CCC2)CC(C)CCC3)[nH]n1. The summed E-state index contributed by atoms with van der Waals surface area (Å²) < 4.78 is 0. The molecule has 2 aliphatic heterocycles. The quantitative estimate of drug-likeness (QED) is 0.679. The third kappa shape index (κ3) is 3.46. The van der Waals surface area contributed by atoms with Crippen LogP contribution in [-0.2, 0) is 10.7 Å². The third-order valence-electron chi connectivity index (χ3n) is 6.81. The molecule has 1 aromatic rings. The van der Waals surface area contributed by atoms with Gasteiger partial charge in [0.05, 0.1) is 5.69 Å². The Kier molecular flexibility index (Phi) is 4.92. The lowest BCUT2D eigenvalue weighted by atomic mass is 9.31. The highest BCUT2D eigenvalue weighted by molar-refractivity contribution is 6.44. The van der Waals surface area contributed by atoms with Gasteiger partial charge in [-0.1, -0.05) is 78.5 Å². The van der Waals surface area contributed by atoms with Crippen molar-refractivity contribution in [2.75, 3.05) is 0 Å². The maximum absolute atomic E-state index is 4.77. The molecule has 0 amide bonds. The zero-order valence-corrected chi connectivity index (χ0v) is 16.5. The molecule has 3 rings (SSSR count). The molecule has 2 saturated heterocycles. The van der Waals surface area contributed by atoms with Crippen molar-refractivity contribution in [1.82, 2.24) is 10.2 Å². The van der Waals surface area contributed by atoms with Crippen LogP contribution in [0, 0.1) is 5.92 Å². The van der Waals surface area contributed by atoms with E-state index >= 15 is 0 Å². The molecule has 0 spiro atoms. The van der Waals surface area contributed by atoms with Crippen LogP contribution in [-0.4, -0.2) is 17.5 Å². The molecule has 2 bridgehead atoms. The molecule has 0 saturated carbocycles. The fourth-order valence-corrected chi connectivity index (χ4v) is 5.66. The zero-order valence-electron chi connectivity index (χ0n) is 16.5. The number of hydrogen-bond acceptors (Lipinski definition) is 1. The van der Waals surface area contributed by atoms with Crippen LogP contribution in [0.15, 0.2) is 6.07 Å². The van der Waals surface area contributed by atoms with Crippen molar-refractivity contribution in [3.05, 3.63) is 17.5 Å². The van der Waals surface area contributed by atoms with Gasteiger partial charge < -0.3 is 0 Å². The summed E-state index contributed by atoms with van der Waals surface area (Å²) in [6, 6.07) is 2.41. The minimum absolute atomic E-state index is 0.175. The predicted molar refractivity (Wildman–Crippen MR) is 104 cm³/mol. The highest BCUT2D eigenvalue weighted by atomic mass is 15.1. The summed E-state index contributed by atoms with van der Waals surface area (Å²) in [6.45, 7) is 11.9. The molecular formula is C21H36BN2. The third-order valence-corrected chi connectivity index (χ3v) is 6.81. The minimum Gasteiger partial charge on any atom is -0.282 e. The number of nitrogens with one attached hydrogen (secondary N) is 1. The van der Waals surface area contributed by atoms with E-state index in [1.54, 1.807) is 0 Å². The van der Waals surface area contributed by atoms with Crippen molar-refractivity contribution >= 4 is 7.28 Å². The van der Waals surface area contributed by atoms with Crippen molar-refractivity contribution in [1.29, 1.82) is 0 Å². The van der Waals surface area contributed by atoms with Gasteiger partial charge in [0.25, 0.3) is 0 Å². The summed E-state index contributed by atoms with van der Waals surface area (Å²) >= 11 is 0.